The van der Waals surface area contributed by atoms with Crippen LogP contribution in [0.15, 0.2) is 18.2 Å². The number of rotatable bonds is 7. The number of benzene rings is 1. The Balaban J connectivity index is 2.31. The van der Waals surface area contributed by atoms with Gasteiger partial charge in [0.1, 0.15) is 12.3 Å². The van der Waals surface area contributed by atoms with Crippen molar-refractivity contribution in [2.75, 3.05) is 19.7 Å². The van der Waals surface area contributed by atoms with Crippen molar-refractivity contribution < 1.29 is 24.2 Å². The Labute approximate surface area is 122 Å². The summed E-state index contributed by atoms with van der Waals surface area (Å²) in [4.78, 5) is 32.9. The van der Waals surface area contributed by atoms with Gasteiger partial charge in [0.05, 0.1) is 6.54 Å². The number of ether oxygens (including phenoxy) is 1. The Morgan fingerprint density at radius 3 is 2.14 bits per heavy atom. The van der Waals surface area contributed by atoms with Crippen molar-refractivity contribution in [3.63, 3.8) is 0 Å². The van der Waals surface area contributed by atoms with Gasteiger partial charge in [-0.05, 0) is 37.1 Å². The molecular formula is C14H18N2O5. The van der Waals surface area contributed by atoms with E-state index in [4.69, 9.17) is 9.84 Å². The van der Waals surface area contributed by atoms with E-state index in [1.54, 1.807) is 12.1 Å². The molecule has 0 atom stereocenters. The molecule has 1 aromatic carbocycles. The van der Waals surface area contributed by atoms with Crippen LogP contribution in [0, 0.1) is 13.8 Å². The normalized spacial score (nSPS) is 9.81. The van der Waals surface area contributed by atoms with Crippen LogP contribution in [0.3, 0.4) is 0 Å². The van der Waals surface area contributed by atoms with Crippen LogP contribution in [0.1, 0.15) is 11.1 Å². The van der Waals surface area contributed by atoms with Crippen molar-refractivity contribution in [2.45, 2.75) is 13.8 Å². The quantitative estimate of drug-likeness (QED) is 0.656. The van der Waals surface area contributed by atoms with E-state index < -0.39 is 24.3 Å². The molecule has 2 amide bonds. The zero-order valence-electron chi connectivity index (χ0n) is 11.9. The van der Waals surface area contributed by atoms with Crippen LogP contribution in [-0.2, 0) is 14.4 Å². The Morgan fingerprint density at radius 1 is 1.00 bits per heavy atom. The van der Waals surface area contributed by atoms with E-state index in [1.165, 1.54) is 0 Å². The Kier molecular flexibility index (Phi) is 6.19. The fourth-order valence-electron chi connectivity index (χ4n) is 1.63. The molecule has 0 aromatic heterocycles. The van der Waals surface area contributed by atoms with Gasteiger partial charge in [0.25, 0.3) is 5.91 Å². The number of aliphatic carboxylic acids is 1. The first-order chi connectivity index (χ1) is 9.86. The van der Waals surface area contributed by atoms with Crippen LogP contribution >= 0.6 is 0 Å². The maximum atomic E-state index is 11.5. The van der Waals surface area contributed by atoms with E-state index in [-0.39, 0.29) is 13.2 Å². The lowest BCUT2D eigenvalue weighted by atomic mass is 10.1. The van der Waals surface area contributed by atoms with Crippen molar-refractivity contribution in [1.29, 1.82) is 0 Å². The van der Waals surface area contributed by atoms with Gasteiger partial charge in [-0.25, -0.2) is 0 Å². The van der Waals surface area contributed by atoms with Crippen LogP contribution in [0.4, 0.5) is 0 Å². The molecule has 0 aliphatic carbocycles. The second-order valence-corrected chi connectivity index (χ2v) is 4.56. The highest BCUT2D eigenvalue weighted by Crippen LogP contribution is 2.15. The average Bonchev–Trinajstić information content (AvgIpc) is 2.39. The van der Waals surface area contributed by atoms with Crippen LogP contribution < -0.4 is 15.4 Å². The summed E-state index contributed by atoms with van der Waals surface area (Å²) in [5.74, 6) is -1.59. The number of carbonyl (C=O) groups excluding carboxylic acids is 2. The number of nitrogens with one attached hydrogen (secondary N) is 2. The highest BCUT2D eigenvalue weighted by atomic mass is 16.5. The Hall–Kier alpha value is -2.57. The monoisotopic (exact) mass is 294 g/mol. The molecule has 0 bridgehead atoms. The molecule has 21 heavy (non-hydrogen) atoms. The number of hydrogen-bond donors (Lipinski definition) is 3. The third-order valence-electron chi connectivity index (χ3n) is 2.45. The summed E-state index contributed by atoms with van der Waals surface area (Å²) >= 11 is 0. The van der Waals surface area contributed by atoms with Gasteiger partial charge in [-0.1, -0.05) is 6.07 Å². The van der Waals surface area contributed by atoms with E-state index in [9.17, 15) is 14.4 Å². The summed E-state index contributed by atoms with van der Waals surface area (Å²) in [7, 11) is 0. The maximum Gasteiger partial charge on any atom is 0.322 e. The van der Waals surface area contributed by atoms with Crippen molar-refractivity contribution in [3.8, 4) is 5.75 Å². The fraction of sp³-hybridized carbons (Fsp3) is 0.357. The molecule has 0 radical (unpaired) electrons. The topological polar surface area (TPSA) is 105 Å². The molecule has 0 fully saturated rings. The summed E-state index contributed by atoms with van der Waals surface area (Å²) in [5, 5.41) is 12.8. The molecule has 7 heteroatoms. The summed E-state index contributed by atoms with van der Waals surface area (Å²) in [5.41, 5.74) is 2.05. The molecular weight excluding hydrogens is 276 g/mol. The van der Waals surface area contributed by atoms with Gasteiger partial charge in [0.15, 0.2) is 6.61 Å². The third-order valence-corrected chi connectivity index (χ3v) is 2.45. The predicted molar refractivity (Wildman–Crippen MR) is 75.1 cm³/mol. The zero-order valence-corrected chi connectivity index (χ0v) is 11.9. The minimum Gasteiger partial charge on any atom is -0.484 e. The van der Waals surface area contributed by atoms with Crippen molar-refractivity contribution in [1.82, 2.24) is 10.6 Å². The van der Waals surface area contributed by atoms with Crippen LogP contribution in [0.2, 0.25) is 0 Å². The average molecular weight is 294 g/mol. The first kappa shape index (κ1) is 16.5. The number of amides is 2. The van der Waals surface area contributed by atoms with Crippen LogP contribution in [-0.4, -0.2) is 42.6 Å². The van der Waals surface area contributed by atoms with Crippen LogP contribution in [0.5, 0.6) is 5.75 Å². The van der Waals surface area contributed by atoms with E-state index in [1.807, 2.05) is 19.9 Å². The predicted octanol–water partition coefficient (Wildman–Crippen LogP) is -0.000760. The van der Waals surface area contributed by atoms with Gasteiger partial charge in [-0.15, -0.1) is 0 Å². The van der Waals surface area contributed by atoms with E-state index in [0.717, 1.165) is 11.1 Å². The molecule has 0 unspecified atom stereocenters. The van der Waals surface area contributed by atoms with Crippen molar-refractivity contribution >= 4 is 17.8 Å². The zero-order chi connectivity index (χ0) is 15.8. The second kappa shape index (κ2) is 7.88. The fourth-order valence-corrected chi connectivity index (χ4v) is 1.63. The Morgan fingerprint density at radius 2 is 1.57 bits per heavy atom. The van der Waals surface area contributed by atoms with Gasteiger partial charge in [0, 0.05) is 0 Å². The van der Waals surface area contributed by atoms with Gasteiger partial charge >= 0.3 is 5.97 Å². The summed E-state index contributed by atoms with van der Waals surface area (Å²) in [6.07, 6.45) is 0. The first-order valence-electron chi connectivity index (χ1n) is 6.33. The number of hydrogen-bond acceptors (Lipinski definition) is 4. The summed E-state index contributed by atoms with van der Waals surface area (Å²) < 4.78 is 5.32. The molecule has 1 aromatic rings. The largest absolute Gasteiger partial charge is 0.484 e. The smallest absolute Gasteiger partial charge is 0.322 e. The molecule has 0 saturated carbocycles. The molecule has 0 spiro atoms. The minimum atomic E-state index is -1.15. The summed E-state index contributed by atoms with van der Waals surface area (Å²) in [6.45, 7) is 2.87. The van der Waals surface area contributed by atoms with Gasteiger partial charge in [-0.2, -0.15) is 0 Å². The van der Waals surface area contributed by atoms with Crippen molar-refractivity contribution in [2.24, 2.45) is 0 Å². The second-order valence-electron chi connectivity index (χ2n) is 4.56. The lowest BCUT2D eigenvalue weighted by Crippen LogP contribution is -2.40. The standard InChI is InChI=1S/C14H18N2O5/c1-9-3-10(2)5-11(4-9)21-8-13(18)15-6-12(17)16-7-14(19)20/h3-5H,6-8H2,1-2H3,(H,15,18)(H,16,17)(H,19,20). The molecule has 0 heterocycles. The summed E-state index contributed by atoms with van der Waals surface area (Å²) in [6, 6.07) is 5.60. The van der Waals surface area contributed by atoms with Crippen molar-refractivity contribution in [3.05, 3.63) is 29.3 Å². The third kappa shape index (κ3) is 6.95. The van der Waals surface area contributed by atoms with E-state index in [0.29, 0.717) is 5.75 Å². The Bertz CT molecular complexity index is 522. The maximum absolute atomic E-state index is 11.5. The van der Waals surface area contributed by atoms with E-state index >= 15 is 0 Å². The molecule has 3 N–H and O–H groups in total. The number of carboxylic acid groups (broad SMARTS) is 1. The lowest BCUT2D eigenvalue weighted by Gasteiger charge is -2.09. The highest BCUT2D eigenvalue weighted by Gasteiger charge is 2.07. The molecule has 7 nitrogen and oxygen atoms in total. The molecule has 0 aliphatic heterocycles. The highest BCUT2D eigenvalue weighted by molar-refractivity contribution is 5.87. The molecule has 0 saturated heterocycles. The SMILES string of the molecule is Cc1cc(C)cc(OCC(=O)NCC(=O)NCC(=O)O)c1. The van der Waals surface area contributed by atoms with Gasteiger partial charge < -0.3 is 20.5 Å². The molecule has 114 valence electrons. The van der Waals surface area contributed by atoms with Crippen LogP contribution in [0.25, 0.3) is 0 Å². The number of carboxylic acids is 1. The number of carbonyl (C=O) groups is 3. The van der Waals surface area contributed by atoms with Gasteiger partial charge in [-0.3, -0.25) is 14.4 Å². The van der Waals surface area contributed by atoms with E-state index in [2.05, 4.69) is 10.6 Å². The lowest BCUT2D eigenvalue weighted by molar-refractivity contribution is -0.137. The first-order valence-corrected chi connectivity index (χ1v) is 6.33. The number of aryl methyl sites for hydroxylation is 2. The molecule has 0 aliphatic rings. The molecule has 1 rings (SSSR count). The van der Waals surface area contributed by atoms with Gasteiger partial charge in [0.2, 0.25) is 5.91 Å². The minimum absolute atomic E-state index is 0.213.